The summed E-state index contributed by atoms with van der Waals surface area (Å²) >= 11 is 3.48. The maximum Gasteiger partial charge on any atom is 0.153 e. The second-order valence-electron chi connectivity index (χ2n) is 3.79. The Hall–Kier alpha value is -1.42. The summed E-state index contributed by atoms with van der Waals surface area (Å²) in [5.74, 6) is 0. The van der Waals surface area contributed by atoms with Crippen LogP contribution in [0.5, 0.6) is 0 Å². The zero-order valence-electron chi connectivity index (χ0n) is 9.56. The molecule has 17 heavy (non-hydrogen) atoms. The zero-order valence-corrected chi connectivity index (χ0v) is 11.1. The molecule has 0 aliphatic heterocycles. The minimum Gasteiger partial charge on any atom is -0.298 e. The molecule has 1 heterocycles. The summed E-state index contributed by atoms with van der Waals surface area (Å²) < 4.78 is 2.77. The van der Waals surface area contributed by atoms with Gasteiger partial charge in [0.15, 0.2) is 6.29 Å². The molecular formula is C13H13BrN2O. The highest BCUT2D eigenvalue weighted by molar-refractivity contribution is 9.10. The molecule has 1 aromatic heterocycles. The average molecular weight is 293 g/mol. The van der Waals surface area contributed by atoms with E-state index in [9.17, 15) is 4.79 Å². The molecule has 0 atom stereocenters. The standard InChI is InChI=1S/C13H13BrN2O/c1-2-7-16-8-10(9-17)13(15-16)11-5-3-4-6-12(11)14/h3-6,8-9H,2,7H2,1H3. The molecule has 0 fully saturated rings. The van der Waals surface area contributed by atoms with Crippen LogP contribution in [-0.2, 0) is 6.54 Å². The molecule has 0 radical (unpaired) electrons. The van der Waals surface area contributed by atoms with Gasteiger partial charge in [-0.15, -0.1) is 0 Å². The number of halogens is 1. The Labute approximate surface area is 109 Å². The van der Waals surface area contributed by atoms with Crippen LogP contribution in [0.15, 0.2) is 34.9 Å². The fourth-order valence-corrected chi connectivity index (χ4v) is 2.20. The van der Waals surface area contributed by atoms with Gasteiger partial charge >= 0.3 is 0 Å². The lowest BCUT2D eigenvalue weighted by Crippen LogP contribution is -1.96. The van der Waals surface area contributed by atoms with Gasteiger partial charge in [-0.3, -0.25) is 9.48 Å². The van der Waals surface area contributed by atoms with Crippen LogP contribution in [0, 0.1) is 0 Å². The summed E-state index contributed by atoms with van der Waals surface area (Å²) in [5, 5.41) is 4.46. The van der Waals surface area contributed by atoms with Crippen molar-refractivity contribution in [3.8, 4) is 11.3 Å². The Morgan fingerprint density at radius 3 is 2.82 bits per heavy atom. The molecule has 88 valence electrons. The summed E-state index contributed by atoms with van der Waals surface area (Å²) in [6, 6.07) is 7.78. The second kappa shape index (κ2) is 5.27. The Bertz CT molecular complexity index is 534. The molecule has 0 saturated carbocycles. The lowest BCUT2D eigenvalue weighted by Gasteiger charge is -2.01. The van der Waals surface area contributed by atoms with E-state index in [-0.39, 0.29) is 0 Å². The Kier molecular flexibility index (Phi) is 3.74. The molecular weight excluding hydrogens is 280 g/mol. The van der Waals surface area contributed by atoms with Crippen molar-refractivity contribution in [1.82, 2.24) is 9.78 Å². The highest BCUT2D eigenvalue weighted by Crippen LogP contribution is 2.28. The van der Waals surface area contributed by atoms with E-state index in [4.69, 9.17) is 0 Å². The van der Waals surface area contributed by atoms with E-state index in [1.807, 2.05) is 28.9 Å². The number of hydrogen-bond acceptors (Lipinski definition) is 2. The third-order valence-corrected chi connectivity index (χ3v) is 3.19. The first-order valence-corrected chi connectivity index (χ1v) is 6.33. The first kappa shape index (κ1) is 12.0. The van der Waals surface area contributed by atoms with Gasteiger partial charge in [-0.2, -0.15) is 5.10 Å². The third-order valence-electron chi connectivity index (χ3n) is 2.50. The molecule has 2 aromatic rings. The molecule has 0 N–H and O–H groups in total. The maximum atomic E-state index is 11.1. The number of aryl methyl sites for hydroxylation is 1. The molecule has 0 amide bonds. The minimum atomic E-state index is 0.630. The smallest absolute Gasteiger partial charge is 0.153 e. The van der Waals surface area contributed by atoms with Crippen molar-refractivity contribution in [2.24, 2.45) is 0 Å². The first-order valence-electron chi connectivity index (χ1n) is 5.53. The van der Waals surface area contributed by atoms with Crippen molar-refractivity contribution in [2.75, 3.05) is 0 Å². The SMILES string of the molecule is CCCn1cc(C=O)c(-c2ccccc2Br)n1. The molecule has 3 nitrogen and oxygen atoms in total. The summed E-state index contributed by atoms with van der Waals surface area (Å²) in [6.45, 7) is 2.91. The Morgan fingerprint density at radius 1 is 1.41 bits per heavy atom. The number of aldehydes is 1. The van der Waals surface area contributed by atoms with Gasteiger partial charge in [-0.05, 0) is 12.5 Å². The van der Waals surface area contributed by atoms with Crippen molar-refractivity contribution >= 4 is 22.2 Å². The predicted octanol–water partition coefficient (Wildman–Crippen LogP) is 3.54. The zero-order chi connectivity index (χ0) is 12.3. The number of carbonyl (C=O) groups is 1. The van der Waals surface area contributed by atoms with Gasteiger partial charge in [-0.25, -0.2) is 0 Å². The second-order valence-corrected chi connectivity index (χ2v) is 4.65. The van der Waals surface area contributed by atoms with E-state index in [2.05, 4.69) is 28.0 Å². The highest BCUT2D eigenvalue weighted by Gasteiger charge is 2.12. The molecule has 0 aliphatic rings. The van der Waals surface area contributed by atoms with E-state index in [0.29, 0.717) is 5.56 Å². The maximum absolute atomic E-state index is 11.1. The monoisotopic (exact) mass is 292 g/mol. The third kappa shape index (κ3) is 2.47. The number of rotatable bonds is 4. The highest BCUT2D eigenvalue weighted by atomic mass is 79.9. The van der Waals surface area contributed by atoms with Crippen molar-refractivity contribution in [1.29, 1.82) is 0 Å². The van der Waals surface area contributed by atoms with E-state index < -0.39 is 0 Å². The summed E-state index contributed by atoms with van der Waals surface area (Å²) in [7, 11) is 0. The van der Waals surface area contributed by atoms with Crippen molar-refractivity contribution in [3.05, 3.63) is 40.5 Å². The van der Waals surface area contributed by atoms with Crippen molar-refractivity contribution < 1.29 is 4.79 Å². The normalized spacial score (nSPS) is 10.5. The van der Waals surface area contributed by atoms with Gasteiger partial charge in [0.2, 0.25) is 0 Å². The van der Waals surface area contributed by atoms with Crippen LogP contribution < -0.4 is 0 Å². The minimum absolute atomic E-state index is 0.630. The van der Waals surface area contributed by atoms with E-state index in [1.54, 1.807) is 6.20 Å². The summed E-state index contributed by atoms with van der Waals surface area (Å²) in [6.07, 6.45) is 3.65. The summed E-state index contributed by atoms with van der Waals surface area (Å²) in [4.78, 5) is 11.1. The first-order chi connectivity index (χ1) is 8.26. The van der Waals surface area contributed by atoms with Crippen LogP contribution in [-0.4, -0.2) is 16.1 Å². The lowest BCUT2D eigenvalue weighted by molar-refractivity contribution is 0.112. The van der Waals surface area contributed by atoms with Crippen LogP contribution in [0.25, 0.3) is 11.3 Å². The lowest BCUT2D eigenvalue weighted by atomic mass is 10.1. The van der Waals surface area contributed by atoms with E-state index >= 15 is 0 Å². The van der Waals surface area contributed by atoms with Crippen LogP contribution in [0.3, 0.4) is 0 Å². The molecule has 0 saturated heterocycles. The molecule has 1 aromatic carbocycles. The van der Waals surface area contributed by atoms with Crippen LogP contribution in [0.1, 0.15) is 23.7 Å². The van der Waals surface area contributed by atoms with Crippen LogP contribution in [0.2, 0.25) is 0 Å². The molecule has 0 unspecified atom stereocenters. The molecule has 4 heteroatoms. The van der Waals surface area contributed by atoms with Crippen molar-refractivity contribution in [2.45, 2.75) is 19.9 Å². The number of hydrogen-bond donors (Lipinski definition) is 0. The van der Waals surface area contributed by atoms with Gasteiger partial charge in [-0.1, -0.05) is 41.1 Å². The number of carbonyl (C=O) groups excluding carboxylic acids is 1. The topological polar surface area (TPSA) is 34.9 Å². The van der Waals surface area contributed by atoms with Gasteiger partial charge in [0.05, 0.1) is 5.56 Å². The Morgan fingerprint density at radius 2 is 2.18 bits per heavy atom. The molecule has 0 aliphatic carbocycles. The molecule has 2 rings (SSSR count). The van der Waals surface area contributed by atoms with Gasteiger partial charge < -0.3 is 0 Å². The molecule has 0 spiro atoms. The van der Waals surface area contributed by atoms with Crippen LogP contribution >= 0.6 is 15.9 Å². The quantitative estimate of drug-likeness (QED) is 0.808. The number of nitrogens with zero attached hydrogens (tertiary/aromatic N) is 2. The van der Waals surface area contributed by atoms with Crippen molar-refractivity contribution in [3.63, 3.8) is 0 Å². The fraction of sp³-hybridized carbons (Fsp3) is 0.231. The predicted molar refractivity (Wildman–Crippen MR) is 71.0 cm³/mol. The Balaban J connectivity index is 2.51. The number of benzene rings is 1. The number of aromatic nitrogens is 2. The van der Waals surface area contributed by atoms with Gasteiger partial charge in [0, 0.05) is 22.8 Å². The van der Waals surface area contributed by atoms with Gasteiger partial charge in [0.1, 0.15) is 5.69 Å². The fourth-order valence-electron chi connectivity index (χ4n) is 1.73. The van der Waals surface area contributed by atoms with E-state index in [0.717, 1.165) is 35.0 Å². The van der Waals surface area contributed by atoms with E-state index in [1.165, 1.54) is 0 Å². The largest absolute Gasteiger partial charge is 0.298 e. The average Bonchev–Trinajstić information content (AvgIpc) is 2.73. The molecule has 0 bridgehead atoms. The summed E-state index contributed by atoms with van der Waals surface area (Å²) in [5.41, 5.74) is 2.32. The van der Waals surface area contributed by atoms with Gasteiger partial charge in [0.25, 0.3) is 0 Å². The van der Waals surface area contributed by atoms with Crippen LogP contribution in [0.4, 0.5) is 0 Å².